The molecule has 0 fully saturated rings. The molecule has 4 heteroatoms. The van der Waals surface area contributed by atoms with E-state index in [0.29, 0.717) is 11.4 Å². The van der Waals surface area contributed by atoms with Crippen molar-refractivity contribution in [1.82, 2.24) is 14.5 Å². The van der Waals surface area contributed by atoms with Crippen LogP contribution in [0, 0.1) is 11.3 Å². The summed E-state index contributed by atoms with van der Waals surface area (Å²) in [5.41, 5.74) is 3.50. The molecule has 5 rings (SSSR count). The highest BCUT2D eigenvalue weighted by Crippen LogP contribution is 2.27. The van der Waals surface area contributed by atoms with Crippen LogP contribution in [0.3, 0.4) is 0 Å². The van der Waals surface area contributed by atoms with Gasteiger partial charge in [0.25, 0.3) is 0 Å². The largest absolute Gasteiger partial charge is 0.301 e. The molecule has 0 aliphatic heterocycles. The third-order valence-corrected chi connectivity index (χ3v) is 4.68. The van der Waals surface area contributed by atoms with Gasteiger partial charge in [-0.05, 0) is 53.9 Å². The minimum atomic E-state index is 0.621. The van der Waals surface area contributed by atoms with E-state index in [-0.39, 0.29) is 0 Å². The lowest BCUT2D eigenvalue weighted by atomic mass is 10.1. The second-order valence-electron chi connectivity index (χ2n) is 6.32. The van der Waals surface area contributed by atoms with Crippen molar-refractivity contribution < 1.29 is 0 Å². The number of para-hydroxylation sites is 2. The quantitative estimate of drug-likeness (QED) is 0.446. The molecule has 0 radical (unpaired) electrons. The molecule has 126 valence electrons. The fourth-order valence-corrected chi connectivity index (χ4v) is 3.33. The van der Waals surface area contributed by atoms with Crippen molar-refractivity contribution in [2.75, 3.05) is 0 Å². The number of benzene rings is 3. The molecule has 0 aliphatic carbocycles. The second kappa shape index (κ2) is 6.08. The maximum atomic E-state index is 9.03. The van der Waals surface area contributed by atoms with Gasteiger partial charge in [0.15, 0.2) is 5.82 Å². The van der Waals surface area contributed by atoms with Crippen LogP contribution in [-0.2, 0) is 0 Å². The summed E-state index contributed by atoms with van der Waals surface area (Å²) in [6, 6.07) is 27.9. The average Bonchev–Trinajstić information content (AvgIpc) is 3.17. The highest BCUT2D eigenvalue weighted by atomic mass is 15.1. The lowest BCUT2D eigenvalue weighted by Gasteiger charge is -2.11. The molecular formula is C23H14N4. The zero-order valence-electron chi connectivity index (χ0n) is 14.4. The van der Waals surface area contributed by atoms with Crippen LogP contribution >= 0.6 is 0 Å². The van der Waals surface area contributed by atoms with E-state index in [9.17, 15) is 0 Å². The number of fused-ring (bicyclic) bond motifs is 2. The zero-order chi connectivity index (χ0) is 18.2. The van der Waals surface area contributed by atoms with Crippen LogP contribution in [0.4, 0.5) is 0 Å². The van der Waals surface area contributed by atoms with Crippen molar-refractivity contribution in [1.29, 1.82) is 5.26 Å². The van der Waals surface area contributed by atoms with Gasteiger partial charge in [-0.2, -0.15) is 5.26 Å². The summed E-state index contributed by atoms with van der Waals surface area (Å²) in [5, 5.41) is 11.2. The van der Waals surface area contributed by atoms with Gasteiger partial charge < -0.3 is 4.57 Å². The Morgan fingerprint density at radius 1 is 0.778 bits per heavy atom. The Bertz CT molecular complexity index is 1320. The van der Waals surface area contributed by atoms with E-state index >= 15 is 0 Å². The first kappa shape index (κ1) is 15.3. The van der Waals surface area contributed by atoms with Gasteiger partial charge >= 0.3 is 0 Å². The summed E-state index contributed by atoms with van der Waals surface area (Å²) in [5.74, 6) is 1.49. The number of hydrogen-bond donors (Lipinski definition) is 0. The van der Waals surface area contributed by atoms with Crippen LogP contribution in [0.2, 0.25) is 0 Å². The predicted molar refractivity (Wildman–Crippen MR) is 107 cm³/mol. The molecule has 2 heterocycles. The van der Waals surface area contributed by atoms with Crippen molar-refractivity contribution in [3.63, 3.8) is 0 Å². The Kier molecular flexibility index (Phi) is 3.44. The summed E-state index contributed by atoms with van der Waals surface area (Å²) in [4.78, 5) is 9.63. The Hall–Kier alpha value is -3.97. The molecule has 0 saturated carbocycles. The molecule has 0 unspecified atom stereocenters. The van der Waals surface area contributed by atoms with Gasteiger partial charge in [0.05, 0.1) is 22.7 Å². The van der Waals surface area contributed by atoms with Gasteiger partial charge in [-0.15, -0.1) is 0 Å². The van der Waals surface area contributed by atoms with Crippen LogP contribution in [-0.4, -0.2) is 14.5 Å². The Balaban J connectivity index is 1.79. The van der Waals surface area contributed by atoms with E-state index in [1.165, 1.54) is 5.39 Å². The lowest BCUT2D eigenvalue weighted by molar-refractivity contribution is 1.04. The van der Waals surface area contributed by atoms with Crippen molar-refractivity contribution in [2.24, 2.45) is 0 Å². The smallest absolute Gasteiger partial charge is 0.162 e. The third kappa shape index (κ3) is 2.54. The Labute approximate surface area is 156 Å². The molecule has 0 atom stereocenters. The highest BCUT2D eigenvalue weighted by molar-refractivity contribution is 5.90. The van der Waals surface area contributed by atoms with Gasteiger partial charge in [-0.3, -0.25) is 0 Å². The van der Waals surface area contributed by atoms with Crippen LogP contribution in [0.5, 0.6) is 0 Å². The Morgan fingerprint density at radius 3 is 2.41 bits per heavy atom. The van der Waals surface area contributed by atoms with Gasteiger partial charge in [0.1, 0.15) is 5.82 Å². The topological polar surface area (TPSA) is 54.5 Å². The molecule has 27 heavy (non-hydrogen) atoms. The number of aromatic nitrogens is 3. The van der Waals surface area contributed by atoms with Crippen molar-refractivity contribution in [2.45, 2.75) is 0 Å². The maximum Gasteiger partial charge on any atom is 0.162 e. The number of nitriles is 1. The third-order valence-electron chi connectivity index (χ3n) is 4.68. The van der Waals surface area contributed by atoms with E-state index in [0.717, 1.165) is 27.8 Å². The molecule has 0 bridgehead atoms. The van der Waals surface area contributed by atoms with Gasteiger partial charge in [-0.25, -0.2) is 9.97 Å². The first-order chi connectivity index (χ1) is 13.3. The first-order valence-electron chi connectivity index (χ1n) is 8.67. The van der Waals surface area contributed by atoms with E-state index in [1.54, 1.807) is 12.1 Å². The number of hydrogen-bond acceptors (Lipinski definition) is 3. The van der Waals surface area contributed by atoms with Gasteiger partial charge in [-0.1, -0.05) is 30.3 Å². The molecule has 0 amide bonds. The van der Waals surface area contributed by atoms with Crippen molar-refractivity contribution in [3.05, 3.63) is 90.6 Å². The van der Waals surface area contributed by atoms with Crippen LogP contribution in [0.25, 0.3) is 39.0 Å². The summed E-state index contributed by atoms with van der Waals surface area (Å²) < 4.78 is 2.10. The fourth-order valence-electron chi connectivity index (χ4n) is 3.33. The molecule has 2 aromatic heterocycles. The fraction of sp³-hybridized carbons (Fsp3) is 0. The zero-order valence-corrected chi connectivity index (χ0v) is 14.4. The van der Waals surface area contributed by atoms with Crippen LogP contribution < -0.4 is 0 Å². The molecule has 3 aromatic carbocycles. The SMILES string of the molecule is N#Cc1ccc(-c2nc(-n3ccc4ccccc43)c3ccccc3n2)cc1. The lowest BCUT2D eigenvalue weighted by Crippen LogP contribution is -2.01. The van der Waals surface area contributed by atoms with E-state index in [2.05, 4.69) is 28.8 Å². The molecule has 0 spiro atoms. The predicted octanol–water partition coefficient (Wildman–Crippen LogP) is 5.11. The molecule has 0 saturated heterocycles. The van der Waals surface area contributed by atoms with Crippen LogP contribution in [0.1, 0.15) is 5.56 Å². The van der Waals surface area contributed by atoms with E-state index in [4.69, 9.17) is 15.2 Å². The molecule has 0 aliphatic rings. The van der Waals surface area contributed by atoms with Crippen molar-refractivity contribution in [3.8, 4) is 23.3 Å². The number of rotatable bonds is 2. The molecule has 0 N–H and O–H groups in total. The Morgan fingerprint density at radius 2 is 1.56 bits per heavy atom. The van der Waals surface area contributed by atoms with Gasteiger partial charge in [0, 0.05) is 17.1 Å². The van der Waals surface area contributed by atoms with E-state index < -0.39 is 0 Å². The van der Waals surface area contributed by atoms with Crippen molar-refractivity contribution >= 4 is 21.8 Å². The molecule has 4 nitrogen and oxygen atoms in total. The van der Waals surface area contributed by atoms with E-state index in [1.807, 2.05) is 54.7 Å². The second-order valence-corrected chi connectivity index (χ2v) is 6.32. The molecule has 5 aromatic rings. The number of nitrogens with zero attached hydrogens (tertiary/aromatic N) is 4. The molecular weight excluding hydrogens is 332 g/mol. The minimum Gasteiger partial charge on any atom is -0.301 e. The normalized spacial score (nSPS) is 10.9. The minimum absolute atomic E-state index is 0.621. The van der Waals surface area contributed by atoms with Crippen LogP contribution in [0.15, 0.2) is 85.1 Å². The highest BCUT2D eigenvalue weighted by Gasteiger charge is 2.12. The monoisotopic (exact) mass is 346 g/mol. The maximum absolute atomic E-state index is 9.03. The van der Waals surface area contributed by atoms with Gasteiger partial charge in [0.2, 0.25) is 0 Å². The summed E-state index contributed by atoms with van der Waals surface area (Å²) in [6.45, 7) is 0. The average molecular weight is 346 g/mol. The first-order valence-corrected chi connectivity index (χ1v) is 8.67. The standard InChI is InChI=1S/C23H14N4/c24-15-16-9-11-18(12-10-16)22-25-20-7-3-2-6-19(20)23(26-22)27-14-13-17-5-1-4-8-21(17)27/h1-14H. The summed E-state index contributed by atoms with van der Waals surface area (Å²) in [6.07, 6.45) is 2.04. The summed E-state index contributed by atoms with van der Waals surface area (Å²) >= 11 is 0. The summed E-state index contributed by atoms with van der Waals surface area (Å²) in [7, 11) is 0.